The van der Waals surface area contributed by atoms with Crippen molar-refractivity contribution in [3.05, 3.63) is 53.9 Å². The third-order valence-electron chi connectivity index (χ3n) is 3.67. The first-order valence-corrected chi connectivity index (χ1v) is 7.32. The van der Waals surface area contributed by atoms with Crippen LogP contribution in [0.1, 0.15) is 11.3 Å². The zero-order valence-electron chi connectivity index (χ0n) is 12.8. The molecule has 2 heterocycles. The zero-order valence-corrected chi connectivity index (χ0v) is 12.8. The highest BCUT2D eigenvalue weighted by Crippen LogP contribution is 2.32. The van der Waals surface area contributed by atoms with Crippen LogP contribution in [0, 0.1) is 0 Å². The van der Waals surface area contributed by atoms with E-state index in [0.717, 1.165) is 11.3 Å². The van der Waals surface area contributed by atoms with Crippen LogP contribution in [-0.4, -0.2) is 30.5 Å². The lowest BCUT2D eigenvalue weighted by Gasteiger charge is -2.26. The number of hydrogen-bond donors (Lipinski definition) is 1. The molecule has 0 aliphatic carbocycles. The van der Waals surface area contributed by atoms with Crippen LogP contribution in [-0.2, 0) is 22.6 Å². The first-order chi connectivity index (χ1) is 11.1. The second-order valence-corrected chi connectivity index (χ2v) is 5.32. The van der Waals surface area contributed by atoms with E-state index in [1.807, 2.05) is 30.3 Å². The summed E-state index contributed by atoms with van der Waals surface area (Å²) in [5.41, 5.74) is 2.33. The van der Waals surface area contributed by atoms with E-state index in [1.165, 1.54) is 0 Å². The van der Waals surface area contributed by atoms with Gasteiger partial charge < -0.3 is 15.0 Å². The topological polar surface area (TPSA) is 71.5 Å². The van der Waals surface area contributed by atoms with Crippen molar-refractivity contribution in [2.75, 3.05) is 18.6 Å². The second-order valence-electron chi connectivity index (χ2n) is 5.32. The molecule has 2 amide bonds. The van der Waals surface area contributed by atoms with Crippen molar-refractivity contribution in [3.63, 3.8) is 0 Å². The van der Waals surface area contributed by atoms with E-state index in [4.69, 9.17) is 4.74 Å². The summed E-state index contributed by atoms with van der Waals surface area (Å²) in [5.74, 6) is 0.459. The lowest BCUT2D eigenvalue weighted by atomic mass is 10.1. The Bertz CT molecular complexity index is 731. The highest BCUT2D eigenvalue weighted by molar-refractivity contribution is 5.97. The minimum absolute atomic E-state index is 0.0490. The first-order valence-electron chi connectivity index (χ1n) is 7.32. The lowest BCUT2D eigenvalue weighted by molar-refractivity contribution is -0.121. The molecule has 23 heavy (non-hydrogen) atoms. The van der Waals surface area contributed by atoms with Gasteiger partial charge in [0.15, 0.2) is 6.61 Å². The largest absolute Gasteiger partial charge is 0.482 e. The number of nitrogens with one attached hydrogen (secondary N) is 1. The van der Waals surface area contributed by atoms with Crippen molar-refractivity contribution in [2.24, 2.45) is 0 Å². The SMILES string of the molecule is CN1C(=O)COc2ccc(CC(=O)NCc3ccccn3)cc21. The number of hydrogen-bond acceptors (Lipinski definition) is 4. The highest BCUT2D eigenvalue weighted by Gasteiger charge is 2.22. The molecule has 6 heteroatoms. The maximum Gasteiger partial charge on any atom is 0.264 e. The van der Waals surface area contributed by atoms with Crippen molar-refractivity contribution in [3.8, 4) is 5.75 Å². The average Bonchev–Trinajstić information content (AvgIpc) is 2.58. The van der Waals surface area contributed by atoms with Crippen molar-refractivity contribution >= 4 is 17.5 Å². The molecule has 3 rings (SSSR count). The van der Waals surface area contributed by atoms with Gasteiger partial charge in [0.05, 0.1) is 24.3 Å². The second kappa shape index (κ2) is 6.48. The van der Waals surface area contributed by atoms with Crippen molar-refractivity contribution in [2.45, 2.75) is 13.0 Å². The van der Waals surface area contributed by atoms with Crippen LogP contribution in [0.25, 0.3) is 0 Å². The fraction of sp³-hybridized carbons (Fsp3) is 0.235. The summed E-state index contributed by atoms with van der Waals surface area (Å²) in [6, 6.07) is 11.0. The van der Waals surface area contributed by atoms with Crippen LogP contribution in [0.2, 0.25) is 0 Å². The summed E-state index contributed by atoms with van der Waals surface area (Å²) in [6.07, 6.45) is 1.93. The number of likely N-dealkylation sites (N-methyl/N-ethyl adjacent to an activating group) is 1. The van der Waals surface area contributed by atoms with Gasteiger partial charge in [-0.05, 0) is 29.8 Å². The first kappa shape index (κ1) is 15.0. The van der Waals surface area contributed by atoms with Crippen molar-refractivity contribution < 1.29 is 14.3 Å². The van der Waals surface area contributed by atoms with Crippen LogP contribution in [0.5, 0.6) is 5.75 Å². The number of aromatic nitrogens is 1. The Hall–Kier alpha value is -2.89. The van der Waals surface area contributed by atoms with Gasteiger partial charge in [0, 0.05) is 13.2 Å². The number of ether oxygens (including phenoxy) is 1. The number of pyridine rings is 1. The molecule has 1 aliphatic rings. The fourth-order valence-corrected chi connectivity index (χ4v) is 2.37. The van der Waals surface area contributed by atoms with E-state index in [-0.39, 0.29) is 24.8 Å². The Morgan fingerprint density at radius 1 is 1.35 bits per heavy atom. The number of rotatable bonds is 4. The van der Waals surface area contributed by atoms with Gasteiger partial charge in [-0.15, -0.1) is 0 Å². The maximum absolute atomic E-state index is 12.0. The quantitative estimate of drug-likeness (QED) is 0.924. The molecule has 2 aromatic rings. The third-order valence-corrected chi connectivity index (χ3v) is 3.67. The summed E-state index contributed by atoms with van der Waals surface area (Å²) < 4.78 is 5.37. The number of fused-ring (bicyclic) bond motifs is 1. The maximum atomic E-state index is 12.0. The van der Waals surface area contributed by atoms with Crippen molar-refractivity contribution in [1.82, 2.24) is 10.3 Å². The number of nitrogens with zero attached hydrogens (tertiary/aromatic N) is 2. The van der Waals surface area contributed by atoms with Crippen LogP contribution in [0.4, 0.5) is 5.69 Å². The number of benzene rings is 1. The molecule has 0 radical (unpaired) electrons. The Labute approximate surface area is 134 Å². The normalized spacial score (nSPS) is 13.3. The summed E-state index contributed by atoms with van der Waals surface area (Å²) in [5, 5.41) is 2.83. The summed E-state index contributed by atoms with van der Waals surface area (Å²) in [4.78, 5) is 29.4. The molecule has 1 N–H and O–H groups in total. The van der Waals surface area contributed by atoms with E-state index < -0.39 is 0 Å². The van der Waals surface area contributed by atoms with Gasteiger partial charge >= 0.3 is 0 Å². The van der Waals surface area contributed by atoms with E-state index >= 15 is 0 Å². The number of carbonyl (C=O) groups is 2. The van der Waals surface area contributed by atoms with Crippen molar-refractivity contribution in [1.29, 1.82) is 0 Å². The fourth-order valence-electron chi connectivity index (χ4n) is 2.37. The van der Waals surface area contributed by atoms with Crippen LogP contribution >= 0.6 is 0 Å². The molecule has 0 unspecified atom stereocenters. The summed E-state index contributed by atoms with van der Waals surface area (Å²) >= 11 is 0. The van der Waals surface area contributed by atoms with Gasteiger partial charge in [-0.25, -0.2) is 0 Å². The van der Waals surface area contributed by atoms with Crippen LogP contribution in [0.15, 0.2) is 42.6 Å². The smallest absolute Gasteiger partial charge is 0.264 e. The molecule has 0 spiro atoms. The molecule has 0 fully saturated rings. The molecule has 0 bridgehead atoms. The molecule has 1 aliphatic heterocycles. The van der Waals surface area contributed by atoms with E-state index in [1.54, 1.807) is 24.2 Å². The van der Waals surface area contributed by atoms with Crippen LogP contribution < -0.4 is 15.0 Å². The van der Waals surface area contributed by atoms with Crippen LogP contribution in [0.3, 0.4) is 0 Å². The Morgan fingerprint density at radius 2 is 2.22 bits per heavy atom. The van der Waals surface area contributed by atoms with Gasteiger partial charge in [0.25, 0.3) is 5.91 Å². The van der Waals surface area contributed by atoms with E-state index in [2.05, 4.69) is 10.3 Å². The third kappa shape index (κ3) is 3.48. The molecule has 6 nitrogen and oxygen atoms in total. The Balaban J connectivity index is 1.64. The number of carbonyl (C=O) groups excluding carboxylic acids is 2. The van der Waals surface area contributed by atoms with Gasteiger partial charge in [0.1, 0.15) is 5.75 Å². The minimum Gasteiger partial charge on any atom is -0.482 e. The molecular weight excluding hydrogens is 294 g/mol. The molecule has 0 saturated heterocycles. The molecule has 0 atom stereocenters. The monoisotopic (exact) mass is 311 g/mol. The standard InChI is InChI=1S/C17H17N3O3/c1-20-14-8-12(5-6-15(14)23-11-17(20)22)9-16(21)19-10-13-4-2-3-7-18-13/h2-8H,9-11H2,1H3,(H,19,21). The summed E-state index contributed by atoms with van der Waals surface area (Å²) in [6.45, 7) is 0.444. The Kier molecular flexibility index (Phi) is 4.23. The van der Waals surface area contributed by atoms with Gasteiger partial charge in [-0.2, -0.15) is 0 Å². The van der Waals surface area contributed by atoms with Gasteiger partial charge in [0.2, 0.25) is 5.91 Å². The number of amides is 2. The van der Waals surface area contributed by atoms with Gasteiger partial charge in [-0.1, -0.05) is 12.1 Å². The number of anilines is 1. The predicted molar refractivity (Wildman–Crippen MR) is 85.1 cm³/mol. The van der Waals surface area contributed by atoms with E-state index in [9.17, 15) is 9.59 Å². The molecule has 0 saturated carbocycles. The predicted octanol–water partition coefficient (Wildman–Crippen LogP) is 1.30. The van der Waals surface area contributed by atoms with Gasteiger partial charge in [-0.3, -0.25) is 14.6 Å². The minimum atomic E-state index is -0.103. The molecular formula is C17H17N3O3. The van der Waals surface area contributed by atoms with E-state index in [0.29, 0.717) is 18.0 Å². The average molecular weight is 311 g/mol. The zero-order chi connectivity index (χ0) is 16.2. The molecule has 1 aromatic heterocycles. The Morgan fingerprint density at radius 3 is 3.00 bits per heavy atom. The molecule has 118 valence electrons. The summed E-state index contributed by atoms with van der Waals surface area (Å²) in [7, 11) is 1.70. The highest BCUT2D eigenvalue weighted by atomic mass is 16.5. The molecule has 1 aromatic carbocycles. The lowest BCUT2D eigenvalue weighted by Crippen LogP contribution is -2.35.